The fourth-order valence-corrected chi connectivity index (χ4v) is 6.33. The second-order valence-corrected chi connectivity index (χ2v) is 11.2. The fraction of sp³-hybridized carbons (Fsp3) is 0.294. The van der Waals surface area contributed by atoms with Crippen molar-refractivity contribution < 1.29 is 19.1 Å². The first kappa shape index (κ1) is 27.2. The summed E-state index contributed by atoms with van der Waals surface area (Å²) < 4.78 is 11.2. The lowest BCUT2D eigenvalue weighted by Gasteiger charge is -2.35. The van der Waals surface area contributed by atoms with Crippen LogP contribution in [0.5, 0.6) is 11.5 Å². The van der Waals surface area contributed by atoms with Gasteiger partial charge in [-0.05, 0) is 65.9 Å². The van der Waals surface area contributed by atoms with Gasteiger partial charge in [-0.3, -0.25) is 9.59 Å². The highest BCUT2D eigenvalue weighted by molar-refractivity contribution is 5.96. The van der Waals surface area contributed by atoms with E-state index < -0.39 is 0 Å². The van der Waals surface area contributed by atoms with Crippen LogP contribution >= 0.6 is 0 Å². The Bertz CT molecular complexity index is 1690. The average Bonchev–Trinajstić information content (AvgIpc) is 3.68. The number of nitrogens with zero attached hydrogens (tertiary/aromatic N) is 1. The number of hydrogen-bond donors (Lipinski definition) is 4. The number of aromatic amines is 1. The Morgan fingerprint density at radius 3 is 2.81 bits per heavy atom. The molecule has 3 aliphatic rings. The molecule has 0 radical (unpaired) electrons. The lowest BCUT2D eigenvalue weighted by Crippen LogP contribution is -2.49. The van der Waals surface area contributed by atoms with E-state index >= 15 is 0 Å². The average molecular weight is 578 g/mol. The first-order valence-corrected chi connectivity index (χ1v) is 14.9. The minimum atomic E-state index is -0.311. The van der Waals surface area contributed by atoms with Crippen molar-refractivity contribution in [3.63, 3.8) is 0 Å². The number of carbonyl (C=O) groups excluding carboxylic acids is 2. The molecule has 1 fully saturated rings. The molecule has 9 heteroatoms. The van der Waals surface area contributed by atoms with Crippen LogP contribution in [0.25, 0.3) is 17.0 Å². The van der Waals surface area contributed by atoms with Gasteiger partial charge in [0.2, 0.25) is 12.7 Å². The molecule has 0 bridgehead atoms. The van der Waals surface area contributed by atoms with Crippen molar-refractivity contribution in [1.29, 1.82) is 0 Å². The molecular weight excluding hydrogens is 542 g/mol. The standard InChI is InChI=1S/C34H35N5O4/c40-31(11-8-22-4-3-5-24(18-22)34(41)37-14-12-25-20-35-15-16-36-25)39-17-13-27-26-6-1-2-7-28(26)38-32(27)33(39)23-9-10-29-30(19-23)43-21-42-29/h1-11,18-19,25,33,35-36,38H,12-17,20-21H2,(H,37,41). The van der Waals surface area contributed by atoms with E-state index in [-0.39, 0.29) is 24.6 Å². The van der Waals surface area contributed by atoms with Crippen molar-refractivity contribution in [2.45, 2.75) is 24.9 Å². The highest BCUT2D eigenvalue weighted by Crippen LogP contribution is 2.42. The molecule has 9 nitrogen and oxygen atoms in total. The van der Waals surface area contributed by atoms with E-state index in [9.17, 15) is 9.59 Å². The van der Waals surface area contributed by atoms with Gasteiger partial charge in [0, 0.05) is 67.0 Å². The SMILES string of the molecule is O=C(NCCC1CNCCN1)c1cccc(C=CC(=O)N2CCc3c([nH]c4ccccc34)C2c2ccc3c(c2)OCO3)c1. The van der Waals surface area contributed by atoms with Crippen molar-refractivity contribution in [2.75, 3.05) is 39.5 Å². The number of H-pyrrole nitrogens is 1. The Labute approximate surface area is 250 Å². The minimum absolute atomic E-state index is 0.101. The topological polar surface area (TPSA) is 108 Å². The van der Waals surface area contributed by atoms with E-state index in [4.69, 9.17) is 9.47 Å². The van der Waals surface area contributed by atoms with Gasteiger partial charge in [-0.1, -0.05) is 36.4 Å². The number of aromatic nitrogens is 1. The Morgan fingerprint density at radius 1 is 1.00 bits per heavy atom. The maximum absolute atomic E-state index is 13.8. The predicted octanol–water partition coefficient (Wildman–Crippen LogP) is 3.77. The molecule has 2 unspecified atom stereocenters. The molecule has 4 aromatic rings. The maximum Gasteiger partial charge on any atom is 0.251 e. The summed E-state index contributed by atoms with van der Waals surface area (Å²) in [5.74, 6) is 1.18. The quantitative estimate of drug-likeness (QED) is 0.249. The molecular formula is C34H35N5O4. The summed E-state index contributed by atoms with van der Waals surface area (Å²) in [5.41, 5.74) is 5.64. The fourth-order valence-electron chi connectivity index (χ4n) is 6.33. The van der Waals surface area contributed by atoms with Crippen molar-refractivity contribution in [3.8, 4) is 11.5 Å². The van der Waals surface area contributed by atoms with Gasteiger partial charge in [0.25, 0.3) is 5.91 Å². The Hall–Kier alpha value is -4.60. The van der Waals surface area contributed by atoms with Gasteiger partial charge in [0.05, 0.1) is 6.04 Å². The van der Waals surface area contributed by atoms with Crippen molar-refractivity contribution in [2.24, 2.45) is 0 Å². The number of hydrogen-bond acceptors (Lipinski definition) is 6. The van der Waals surface area contributed by atoms with Gasteiger partial charge in [0.15, 0.2) is 11.5 Å². The monoisotopic (exact) mass is 577 g/mol. The highest BCUT2D eigenvalue weighted by atomic mass is 16.7. The highest BCUT2D eigenvalue weighted by Gasteiger charge is 2.34. The Balaban J connectivity index is 1.10. The number of amides is 2. The van der Waals surface area contributed by atoms with Crippen molar-refractivity contribution in [1.82, 2.24) is 25.8 Å². The molecule has 1 aromatic heterocycles. The van der Waals surface area contributed by atoms with E-state index in [1.54, 1.807) is 18.2 Å². The van der Waals surface area contributed by atoms with Gasteiger partial charge in [-0.15, -0.1) is 0 Å². The van der Waals surface area contributed by atoms with Crippen LogP contribution in [0, 0.1) is 0 Å². The number of fused-ring (bicyclic) bond motifs is 4. The molecule has 0 aliphatic carbocycles. The summed E-state index contributed by atoms with van der Waals surface area (Å²) in [6, 6.07) is 21.6. The molecule has 43 heavy (non-hydrogen) atoms. The zero-order chi connectivity index (χ0) is 29.2. The van der Waals surface area contributed by atoms with Gasteiger partial charge in [-0.25, -0.2) is 0 Å². The van der Waals surface area contributed by atoms with Crippen LogP contribution in [0.4, 0.5) is 0 Å². The summed E-state index contributed by atoms with van der Waals surface area (Å²) in [6.45, 7) is 4.21. The zero-order valence-electron chi connectivity index (χ0n) is 23.9. The number of carbonyl (C=O) groups is 2. The summed E-state index contributed by atoms with van der Waals surface area (Å²) in [4.78, 5) is 32.1. The number of ether oxygens (including phenoxy) is 2. The summed E-state index contributed by atoms with van der Waals surface area (Å²) in [5, 5.41) is 11.0. The van der Waals surface area contributed by atoms with Crippen LogP contribution in [-0.2, 0) is 11.2 Å². The molecule has 2 amide bonds. The first-order valence-electron chi connectivity index (χ1n) is 14.9. The third-order valence-corrected chi connectivity index (χ3v) is 8.50. The van der Waals surface area contributed by atoms with Crippen molar-refractivity contribution in [3.05, 3.63) is 101 Å². The summed E-state index contributed by atoms with van der Waals surface area (Å²) in [6.07, 6.45) is 5.01. The van der Waals surface area contributed by atoms with E-state index in [0.29, 0.717) is 36.2 Å². The summed E-state index contributed by atoms with van der Waals surface area (Å²) >= 11 is 0. The van der Waals surface area contributed by atoms with E-state index in [0.717, 1.165) is 54.8 Å². The van der Waals surface area contributed by atoms with E-state index in [1.165, 1.54) is 10.9 Å². The Kier molecular flexibility index (Phi) is 7.57. The van der Waals surface area contributed by atoms with E-state index in [1.807, 2.05) is 53.4 Å². The lowest BCUT2D eigenvalue weighted by molar-refractivity contribution is -0.128. The molecule has 2 atom stereocenters. The molecule has 3 aromatic carbocycles. The molecule has 3 aliphatic heterocycles. The third kappa shape index (κ3) is 5.61. The molecule has 0 saturated carbocycles. The number of piperazine rings is 1. The zero-order valence-corrected chi connectivity index (χ0v) is 23.9. The van der Waals surface area contributed by atoms with Gasteiger partial charge in [0.1, 0.15) is 0 Å². The van der Waals surface area contributed by atoms with Crippen LogP contribution in [0.1, 0.15) is 45.2 Å². The van der Waals surface area contributed by atoms with Gasteiger partial charge < -0.3 is 35.3 Å². The number of benzene rings is 3. The largest absolute Gasteiger partial charge is 0.454 e. The first-order chi connectivity index (χ1) is 21.1. The third-order valence-electron chi connectivity index (χ3n) is 8.50. The normalized spacial score (nSPS) is 19.5. The van der Waals surface area contributed by atoms with Crippen LogP contribution in [0.15, 0.2) is 72.8 Å². The second-order valence-electron chi connectivity index (χ2n) is 11.2. The number of para-hydroxylation sites is 1. The smallest absolute Gasteiger partial charge is 0.251 e. The number of rotatable bonds is 7. The molecule has 4 N–H and O–H groups in total. The molecule has 1 saturated heterocycles. The minimum Gasteiger partial charge on any atom is -0.454 e. The second kappa shape index (κ2) is 11.9. The van der Waals surface area contributed by atoms with E-state index in [2.05, 4.69) is 33.1 Å². The van der Waals surface area contributed by atoms with Crippen molar-refractivity contribution >= 4 is 28.8 Å². The maximum atomic E-state index is 13.8. The van der Waals surface area contributed by atoms with Gasteiger partial charge in [-0.2, -0.15) is 0 Å². The number of nitrogens with one attached hydrogen (secondary N) is 4. The molecule has 0 spiro atoms. The van der Waals surface area contributed by atoms with Crippen LogP contribution in [0.2, 0.25) is 0 Å². The molecule has 220 valence electrons. The van der Waals surface area contributed by atoms with Crippen LogP contribution in [-0.4, -0.2) is 67.3 Å². The lowest BCUT2D eigenvalue weighted by atomic mass is 9.92. The van der Waals surface area contributed by atoms with Crippen LogP contribution in [0.3, 0.4) is 0 Å². The summed E-state index contributed by atoms with van der Waals surface area (Å²) in [7, 11) is 0. The molecule has 4 heterocycles. The van der Waals surface area contributed by atoms with Crippen LogP contribution < -0.4 is 25.4 Å². The van der Waals surface area contributed by atoms with Gasteiger partial charge >= 0.3 is 0 Å². The molecule has 7 rings (SSSR count). The predicted molar refractivity (Wildman–Crippen MR) is 165 cm³/mol. The Morgan fingerprint density at radius 2 is 1.91 bits per heavy atom.